The predicted octanol–water partition coefficient (Wildman–Crippen LogP) is 8.72. The van der Waals surface area contributed by atoms with Crippen molar-refractivity contribution in [2.75, 3.05) is 52.5 Å². The molecule has 2 fully saturated rings. The van der Waals surface area contributed by atoms with Crippen LogP contribution >= 0.6 is 46.4 Å². The molecule has 4 aromatic rings. The maximum atomic E-state index is 12.1. The first-order valence-corrected chi connectivity index (χ1v) is 18.8. The highest BCUT2D eigenvalue weighted by molar-refractivity contribution is 6.42. The molecule has 4 heterocycles. The van der Waals surface area contributed by atoms with Gasteiger partial charge in [-0.1, -0.05) is 52.8 Å². The average Bonchev–Trinajstić information content (AvgIpc) is 3.82. The van der Waals surface area contributed by atoms with Crippen LogP contribution in [0, 0.1) is 13.8 Å². The van der Waals surface area contributed by atoms with Crippen molar-refractivity contribution < 1.29 is 19.1 Å². The highest BCUT2D eigenvalue weighted by Crippen LogP contribution is 2.30. The standard InChI is InChI=1S/C19H23Cl2N3O2.C18H21Cl2N3O2/c1-13-18(14(2)25)19(26-11-10-23-8-4-3-5-9-23)22-24(13)15-6-7-16(20)17(21)12-15;1-12-17(13(2)24)18(25-10-9-22-7-3-4-8-22)21-23(12)14-5-6-15(19)16(20)11-14/h6-7,12H,3-5,8-11H2,1-2H3;5-6,11H,3-4,7-10H2,1-2H3. The Balaban J connectivity index is 0.000000198. The van der Waals surface area contributed by atoms with Crippen LogP contribution in [0.3, 0.4) is 0 Å². The lowest BCUT2D eigenvalue weighted by Crippen LogP contribution is -2.33. The lowest BCUT2D eigenvalue weighted by atomic mass is 10.1. The van der Waals surface area contributed by atoms with E-state index in [1.54, 1.807) is 33.6 Å². The van der Waals surface area contributed by atoms with Crippen LogP contribution in [-0.2, 0) is 0 Å². The number of ketones is 2. The lowest BCUT2D eigenvalue weighted by molar-refractivity contribution is 0.0998. The van der Waals surface area contributed by atoms with E-state index in [1.807, 2.05) is 26.0 Å². The summed E-state index contributed by atoms with van der Waals surface area (Å²) in [5, 5.41) is 10.8. The van der Waals surface area contributed by atoms with Gasteiger partial charge in [0.15, 0.2) is 11.6 Å². The van der Waals surface area contributed by atoms with Gasteiger partial charge in [0, 0.05) is 13.1 Å². The Morgan fingerprint density at radius 1 is 0.608 bits per heavy atom. The van der Waals surface area contributed by atoms with Crippen molar-refractivity contribution in [2.45, 2.75) is 59.8 Å². The summed E-state index contributed by atoms with van der Waals surface area (Å²) in [4.78, 5) is 29.0. The quantitative estimate of drug-likeness (QED) is 0.132. The van der Waals surface area contributed by atoms with Crippen molar-refractivity contribution in [2.24, 2.45) is 0 Å². The molecule has 6 rings (SSSR count). The second kappa shape index (κ2) is 18.1. The number of aromatic nitrogens is 4. The fourth-order valence-electron chi connectivity index (χ4n) is 6.43. The number of piperidine rings is 1. The first-order chi connectivity index (χ1) is 24.4. The number of nitrogens with zero attached hydrogens (tertiary/aromatic N) is 6. The number of ether oxygens (including phenoxy) is 2. The predicted molar refractivity (Wildman–Crippen MR) is 204 cm³/mol. The van der Waals surface area contributed by atoms with E-state index in [0.29, 0.717) is 56.2 Å². The van der Waals surface area contributed by atoms with Crippen molar-refractivity contribution in [3.63, 3.8) is 0 Å². The molecule has 51 heavy (non-hydrogen) atoms. The number of halogens is 4. The van der Waals surface area contributed by atoms with Crippen LogP contribution in [0.1, 0.15) is 78.1 Å². The molecule has 10 nitrogen and oxygen atoms in total. The minimum absolute atomic E-state index is 0.0678. The van der Waals surface area contributed by atoms with Crippen LogP contribution < -0.4 is 9.47 Å². The topological polar surface area (TPSA) is 94.7 Å². The van der Waals surface area contributed by atoms with E-state index in [4.69, 9.17) is 55.9 Å². The van der Waals surface area contributed by atoms with Crippen LogP contribution in [0.2, 0.25) is 20.1 Å². The smallest absolute Gasteiger partial charge is 0.244 e. The summed E-state index contributed by atoms with van der Waals surface area (Å²) in [5.74, 6) is 0.607. The summed E-state index contributed by atoms with van der Waals surface area (Å²) < 4.78 is 15.1. The zero-order chi connectivity index (χ0) is 36.7. The van der Waals surface area contributed by atoms with E-state index >= 15 is 0 Å². The van der Waals surface area contributed by atoms with Crippen molar-refractivity contribution in [3.8, 4) is 23.1 Å². The molecule has 274 valence electrons. The number of benzene rings is 2. The average molecular weight is 779 g/mol. The molecule has 0 aliphatic carbocycles. The van der Waals surface area contributed by atoms with Gasteiger partial charge >= 0.3 is 0 Å². The lowest BCUT2D eigenvalue weighted by Gasteiger charge is -2.25. The van der Waals surface area contributed by atoms with E-state index in [1.165, 1.54) is 46.0 Å². The normalized spacial score (nSPS) is 15.1. The molecular formula is C37H44Cl4N6O4. The first-order valence-electron chi connectivity index (χ1n) is 17.3. The van der Waals surface area contributed by atoms with Gasteiger partial charge in [0.05, 0.1) is 42.9 Å². The van der Waals surface area contributed by atoms with Crippen LogP contribution in [0.15, 0.2) is 36.4 Å². The number of likely N-dealkylation sites (tertiary alicyclic amines) is 2. The Morgan fingerprint density at radius 3 is 1.33 bits per heavy atom. The van der Waals surface area contributed by atoms with Gasteiger partial charge in [0.2, 0.25) is 11.8 Å². The van der Waals surface area contributed by atoms with Crippen LogP contribution in [0.25, 0.3) is 11.4 Å². The third-order valence-electron chi connectivity index (χ3n) is 9.11. The number of Topliss-reactive ketones (excluding diaryl/α,β-unsaturated/α-hetero) is 2. The van der Waals surface area contributed by atoms with Crippen molar-refractivity contribution in [1.29, 1.82) is 0 Å². The third-order valence-corrected chi connectivity index (χ3v) is 10.6. The van der Waals surface area contributed by atoms with E-state index in [0.717, 1.165) is 62.0 Å². The molecule has 0 bridgehead atoms. The summed E-state index contributed by atoms with van der Waals surface area (Å²) in [6, 6.07) is 10.5. The molecule has 2 aliphatic rings. The monoisotopic (exact) mass is 776 g/mol. The number of carbonyl (C=O) groups is 2. The van der Waals surface area contributed by atoms with Crippen molar-refractivity contribution in [1.82, 2.24) is 29.4 Å². The van der Waals surface area contributed by atoms with Crippen LogP contribution in [0.4, 0.5) is 0 Å². The third kappa shape index (κ3) is 9.86. The van der Waals surface area contributed by atoms with E-state index < -0.39 is 0 Å². The van der Waals surface area contributed by atoms with Gasteiger partial charge < -0.3 is 9.47 Å². The molecule has 2 aliphatic heterocycles. The van der Waals surface area contributed by atoms with Gasteiger partial charge in [-0.15, -0.1) is 10.2 Å². The largest absolute Gasteiger partial charge is 0.475 e. The zero-order valence-electron chi connectivity index (χ0n) is 29.5. The number of hydrogen-bond donors (Lipinski definition) is 0. The van der Waals surface area contributed by atoms with Gasteiger partial charge in [-0.05, 0) is 116 Å². The molecule has 0 unspecified atom stereocenters. The molecule has 0 saturated carbocycles. The molecule has 14 heteroatoms. The fourth-order valence-corrected chi connectivity index (χ4v) is 7.02. The summed E-state index contributed by atoms with van der Waals surface area (Å²) in [6.45, 7) is 13.9. The molecular weight excluding hydrogens is 734 g/mol. The van der Waals surface area contributed by atoms with E-state index in [-0.39, 0.29) is 11.6 Å². The van der Waals surface area contributed by atoms with Crippen molar-refractivity contribution in [3.05, 3.63) is 79.0 Å². The van der Waals surface area contributed by atoms with Gasteiger partial charge in [0.1, 0.15) is 24.3 Å². The highest BCUT2D eigenvalue weighted by Gasteiger charge is 2.23. The zero-order valence-corrected chi connectivity index (χ0v) is 32.5. The Hall–Kier alpha value is -3.12. The molecule has 2 aromatic carbocycles. The van der Waals surface area contributed by atoms with Crippen LogP contribution in [0.5, 0.6) is 11.8 Å². The number of carbonyl (C=O) groups excluding carboxylic acids is 2. The molecule has 0 amide bonds. The molecule has 2 saturated heterocycles. The Kier molecular flexibility index (Phi) is 13.9. The number of hydrogen-bond acceptors (Lipinski definition) is 8. The maximum Gasteiger partial charge on any atom is 0.244 e. The summed E-state index contributed by atoms with van der Waals surface area (Å²) >= 11 is 24.2. The molecule has 0 radical (unpaired) electrons. The fraction of sp³-hybridized carbons (Fsp3) is 0.459. The Morgan fingerprint density at radius 2 is 0.980 bits per heavy atom. The second-order valence-electron chi connectivity index (χ2n) is 12.8. The summed E-state index contributed by atoms with van der Waals surface area (Å²) in [5.41, 5.74) is 3.95. The molecule has 0 atom stereocenters. The van der Waals surface area contributed by atoms with Gasteiger partial charge in [-0.2, -0.15) is 0 Å². The minimum Gasteiger partial charge on any atom is -0.475 e. The Labute approximate surface area is 319 Å². The van der Waals surface area contributed by atoms with E-state index in [2.05, 4.69) is 20.0 Å². The minimum atomic E-state index is -0.0695. The molecule has 2 aromatic heterocycles. The summed E-state index contributed by atoms with van der Waals surface area (Å²) in [7, 11) is 0. The van der Waals surface area contributed by atoms with E-state index in [9.17, 15) is 9.59 Å². The van der Waals surface area contributed by atoms with Gasteiger partial charge in [0.25, 0.3) is 0 Å². The number of rotatable bonds is 12. The first kappa shape index (κ1) is 39.1. The van der Waals surface area contributed by atoms with Gasteiger partial charge in [-0.25, -0.2) is 9.36 Å². The SMILES string of the molecule is CC(=O)c1c(OCCN2CCCC2)nn(-c2ccc(Cl)c(Cl)c2)c1C.CC(=O)c1c(OCCN2CCCCC2)nn(-c2ccc(Cl)c(Cl)c2)c1C. The Bertz CT molecular complexity index is 1850. The maximum absolute atomic E-state index is 12.1. The highest BCUT2D eigenvalue weighted by atomic mass is 35.5. The molecule has 0 N–H and O–H groups in total. The van der Waals surface area contributed by atoms with Crippen molar-refractivity contribution >= 4 is 58.0 Å². The second-order valence-corrected chi connectivity index (χ2v) is 14.4. The molecule has 0 spiro atoms. The summed E-state index contributed by atoms with van der Waals surface area (Å²) in [6.07, 6.45) is 6.26. The van der Waals surface area contributed by atoms with Crippen LogP contribution in [-0.4, -0.2) is 93.4 Å². The van der Waals surface area contributed by atoms with Gasteiger partial charge in [-0.3, -0.25) is 19.4 Å².